The third kappa shape index (κ3) is 40.9. The average Bonchev–Trinajstić information content (AvgIpc) is 3.16. The lowest BCUT2D eigenvalue weighted by molar-refractivity contribution is -0.154. The van der Waals surface area contributed by atoms with E-state index in [4.69, 9.17) is 24.3 Å². The molecule has 3 N–H and O–H groups in total. The Hall–Kier alpha value is -2.32. The number of esters is 1. The summed E-state index contributed by atoms with van der Waals surface area (Å²) in [5.74, 6) is -0.357. The molecule has 8 nitrogen and oxygen atoms in total. The van der Waals surface area contributed by atoms with Crippen LogP contribution >= 0.6 is 7.82 Å². The summed E-state index contributed by atoms with van der Waals surface area (Å²) in [6.45, 7) is 4.75. The van der Waals surface area contributed by atoms with Gasteiger partial charge in [-0.15, -0.1) is 0 Å². The van der Waals surface area contributed by atoms with E-state index in [2.05, 4.69) is 56.4 Å². The fourth-order valence-electron chi connectivity index (χ4n) is 5.32. The maximum Gasteiger partial charge on any atom is 0.472 e. The fraction of sp³-hybridized carbons (Fsp3) is 0.667. The monoisotopic (exact) mass is 776 g/mol. The van der Waals surface area contributed by atoms with Crippen LogP contribution in [0.1, 0.15) is 155 Å². The first kappa shape index (κ1) is 51.7. The Morgan fingerprint density at radius 1 is 0.556 bits per heavy atom. The highest BCUT2D eigenvalue weighted by Crippen LogP contribution is 2.43. The van der Waals surface area contributed by atoms with Crippen molar-refractivity contribution in [1.82, 2.24) is 0 Å². The predicted molar refractivity (Wildman–Crippen MR) is 228 cm³/mol. The van der Waals surface area contributed by atoms with Crippen molar-refractivity contribution in [1.29, 1.82) is 0 Å². The van der Waals surface area contributed by atoms with E-state index < -0.39 is 13.9 Å². The Morgan fingerprint density at radius 3 is 1.52 bits per heavy atom. The van der Waals surface area contributed by atoms with E-state index in [1.54, 1.807) is 0 Å². The highest BCUT2D eigenvalue weighted by molar-refractivity contribution is 7.47. The zero-order chi connectivity index (χ0) is 39.5. The number of rotatable bonds is 39. The van der Waals surface area contributed by atoms with Crippen molar-refractivity contribution >= 4 is 13.8 Å². The fourth-order valence-corrected chi connectivity index (χ4v) is 6.08. The van der Waals surface area contributed by atoms with E-state index in [1.165, 1.54) is 64.2 Å². The number of carbonyl (C=O) groups is 1. The largest absolute Gasteiger partial charge is 0.472 e. The van der Waals surface area contributed by atoms with E-state index >= 15 is 0 Å². The third-order valence-corrected chi connectivity index (χ3v) is 9.43. The number of carbonyl (C=O) groups excluding carboxylic acids is 1. The summed E-state index contributed by atoms with van der Waals surface area (Å²) in [6.07, 6.45) is 53.1. The quantitative estimate of drug-likeness (QED) is 0.0208. The van der Waals surface area contributed by atoms with Crippen molar-refractivity contribution in [2.45, 2.75) is 161 Å². The van der Waals surface area contributed by atoms with Crippen LogP contribution in [-0.4, -0.2) is 49.9 Å². The van der Waals surface area contributed by atoms with Gasteiger partial charge in [0.25, 0.3) is 0 Å². The maximum absolute atomic E-state index is 12.5. The molecule has 2 atom stereocenters. The Balaban J connectivity index is 4.18. The van der Waals surface area contributed by atoms with Gasteiger partial charge >= 0.3 is 13.8 Å². The van der Waals surface area contributed by atoms with Crippen LogP contribution in [0.15, 0.2) is 85.1 Å². The van der Waals surface area contributed by atoms with Gasteiger partial charge in [0.15, 0.2) is 0 Å². The molecule has 0 fully saturated rings. The molecule has 0 bridgehead atoms. The Kier molecular flexibility index (Phi) is 40.0. The summed E-state index contributed by atoms with van der Waals surface area (Å²) in [6, 6.07) is 0. The minimum Gasteiger partial charge on any atom is -0.457 e. The van der Waals surface area contributed by atoms with Gasteiger partial charge in [-0.05, 0) is 64.2 Å². The van der Waals surface area contributed by atoms with Crippen LogP contribution in [0.4, 0.5) is 0 Å². The predicted octanol–water partition coefficient (Wildman–Crippen LogP) is 12.5. The summed E-state index contributed by atoms with van der Waals surface area (Å²) >= 11 is 0. The molecule has 0 radical (unpaired) electrons. The lowest BCUT2D eigenvalue weighted by Crippen LogP contribution is -2.28. The van der Waals surface area contributed by atoms with Crippen LogP contribution in [0, 0.1) is 0 Å². The van der Waals surface area contributed by atoms with Gasteiger partial charge in [0.1, 0.15) is 6.10 Å². The lowest BCUT2D eigenvalue weighted by atomic mass is 10.1. The molecule has 9 heteroatoms. The molecule has 0 saturated carbocycles. The Bertz CT molecular complexity index is 1100. The maximum atomic E-state index is 12.5. The van der Waals surface area contributed by atoms with Gasteiger partial charge in [0, 0.05) is 19.6 Å². The van der Waals surface area contributed by atoms with Gasteiger partial charge in [0.2, 0.25) is 0 Å². The number of nitrogens with two attached hydrogens (primary N) is 1. The lowest BCUT2D eigenvalue weighted by Gasteiger charge is -2.20. The van der Waals surface area contributed by atoms with Gasteiger partial charge in [-0.1, -0.05) is 170 Å². The number of allylic oxidation sites excluding steroid dienone is 14. The molecule has 0 spiro atoms. The minimum atomic E-state index is -4.29. The number of hydrogen-bond acceptors (Lipinski definition) is 7. The second kappa shape index (κ2) is 41.8. The first-order valence-corrected chi connectivity index (χ1v) is 22.7. The summed E-state index contributed by atoms with van der Waals surface area (Å²) in [7, 11) is -4.29. The Morgan fingerprint density at radius 2 is 1.00 bits per heavy atom. The molecule has 0 amide bonds. The molecular weight excluding hydrogens is 697 g/mol. The summed E-state index contributed by atoms with van der Waals surface area (Å²) in [5, 5.41) is 0. The van der Waals surface area contributed by atoms with Crippen LogP contribution in [0.2, 0.25) is 0 Å². The van der Waals surface area contributed by atoms with Gasteiger partial charge in [-0.3, -0.25) is 13.8 Å². The molecule has 54 heavy (non-hydrogen) atoms. The van der Waals surface area contributed by atoms with Gasteiger partial charge in [-0.2, -0.15) is 0 Å². The minimum absolute atomic E-state index is 0.0847. The average molecular weight is 776 g/mol. The summed E-state index contributed by atoms with van der Waals surface area (Å²) in [4.78, 5) is 22.4. The van der Waals surface area contributed by atoms with Crippen LogP contribution in [0.3, 0.4) is 0 Å². The zero-order valence-corrected chi connectivity index (χ0v) is 35.1. The van der Waals surface area contributed by atoms with Crippen molar-refractivity contribution in [2.24, 2.45) is 5.73 Å². The van der Waals surface area contributed by atoms with Gasteiger partial charge in [0.05, 0.1) is 19.8 Å². The zero-order valence-electron chi connectivity index (χ0n) is 34.2. The number of phosphoric acid groups is 1. The molecule has 0 aliphatic carbocycles. The first-order valence-electron chi connectivity index (χ1n) is 21.2. The second-order valence-corrected chi connectivity index (χ2v) is 15.1. The van der Waals surface area contributed by atoms with Crippen molar-refractivity contribution in [3.05, 3.63) is 85.1 Å². The standard InChI is InChI=1S/C45H78NO7P/c1-3-5-7-9-11-13-15-17-18-19-20-21-22-23-24-25-27-29-31-33-35-37-40-50-42-44(43-52-54(48,49)51-41-39-46)53-45(47)38-36-34-32-30-28-26-16-14-12-10-8-6-4-2/h13-25,27,44H,3-12,26,28-43,46H2,1-2H3,(H,48,49). The molecule has 0 aromatic heterocycles. The molecule has 0 rings (SSSR count). The van der Waals surface area contributed by atoms with Crippen LogP contribution in [0.5, 0.6) is 0 Å². The topological polar surface area (TPSA) is 117 Å². The molecule has 0 heterocycles. The van der Waals surface area contributed by atoms with E-state index in [0.29, 0.717) is 13.0 Å². The number of hydrogen-bond donors (Lipinski definition) is 2. The van der Waals surface area contributed by atoms with Crippen molar-refractivity contribution in [3.8, 4) is 0 Å². The van der Waals surface area contributed by atoms with Gasteiger partial charge < -0.3 is 20.1 Å². The number of ether oxygens (including phenoxy) is 2. The number of phosphoric ester groups is 1. The number of unbranched alkanes of at least 4 members (excludes halogenated alkanes) is 17. The second-order valence-electron chi connectivity index (χ2n) is 13.6. The van der Waals surface area contributed by atoms with Crippen LogP contribution in [-0.2, 0) is 27.9 Å². The highest BCUT2D eigenvalue weighted by Gasteiger charge is 2.25. The summed E-state index contributed by atoms with van der Waals surface area (Å²) < 4.78 is 33.3. The highest BCUT2D eigenvalue weighted by atomic mass is 31.2. The third-order valence-electron chi connectivity index (χ3n) is 8.45. The molecule has 0 aromatic rings. The molecule has 0 aliphatic rings. The van der Waals surface area contributed by atoms with Crippen molar-refractivity contribution in [2.75, 3.05) is 33.0 Å². The molecule has 0 aromatic carbocycles. The van der Waals surface area contributed by atoms with Crippen molar-refractivity contribution < 1.29 is 32.8 Å². The van der Waals surface area contributed by atoms with Crippen molar-refractivity contribution in [3.63, 3.8) is 0 Å². The Labute approximate surface area is 330 Å². The van der Waals surface area contributed by atoms with Crippen LogP contribution in [0.25, 0.3) is 0 Å². The van der Waals surface area contributed by atoms with E-state index in [9.17, 15) is 14.3 Å². The molecule has 0 aliphatic heterocycles. The van der Waals surface area contributed by atoms with E-state index in [1.807, 2.05) is 42.5 Å². The van der Waals surface area contributed by atoms with E-state index in [0.717, 1.165) is 70.6 Å². The summed E-state index contributed by atoms with van der Waals surface area (Å²) in [5.41, 5.74) is 5.36. The first-order chi connectivity index (χ1) is 26.4. The molecule has 0 saturated heterocycles. The normalized spacial score (nSPS) is 14.4. The van der Waals surface area contributed by atoms with Gasteiger partial charge in [-0.25, -0.2) is 4.57 Å². The molecule has 2 unspecified atom stereocenters. The molecule has 310 valence electrons. The van der Waals surface area contributed by atoms with Crippen LogP contribution < -0.4 is 5.73 Å². The SMILES string of the molecule is CCCCCCC=CC=CC=CC=CC=CC=CCCCCCCOCC(COP(=O)(O)OCCN)OC(=O)CCCCCCCC=CCCCCCC. The molecular formula is C45H78NO7P. The van der Waals surface area contributed by atoms with E-state index in [-0.39, 0.29) is 32.3 Å². The smallest absolute Gasteiger partial charge is 0.457 e.